The topological polar surface area (TPSA) is 73.2 Å². The van der Waals surface area contributed by atoms with Crippen LogP contribution in [0.4, 0.5) is 8.78 Å². The van der Waals surface area contributed by atoms with E-state index in [9.17, 15) is 18.4 Å². The van der Waals surface area contributed by atoms with E-state index in [4.69, 9.17) is 4.74 Å². The van der Waals surface area contributed by atoms with Gasteiger partial charge in [-0.05, 0) is 24.5 Å². The maximum absolute atomic E-state index is 13.5. The fourth-order valence-electron chi connectivity index (χ4n) is 2.10. The summed E-state index contributed by atoms with van der Waals surface area (Å²) in [6, 6.07) is 4.16. The predicted octanol–water partition coefficient (Wildman–Crippen LogP) is 2.30. The second-order valence-electron chi connectivity index (χ2n) is 5.85. The molecular weight excluding hydrogens is 332 g/mol. The molecule has 1 heterocycles. The zero-order chi connectivity index (χ0) is 18.6. The average Bonchev–Trinajstić information content (AvgIpc) is 2.56. The smallest absolute Gasteiger partial charge is 0.275 e. The van der Waals surface area contributed by atoms with Crippen molar-refractivity contribution in [2.75, 3.05) is 13.7 Å². The largest absolute Gasteiger partial charge is 0.481 e. The first-order chi connectivity index (χ1) is 11.8. The number of methoxy groups -OCH3 is 1. The van der Waals surface area contributed by atoms with Gasteiger partial charge in [0, 0.05) is 12.6 Å². The van der Waals surface area contributed by atoms with Gasteiger partial charge < -0.3 is 10.1 Å². The van der Waals surface area contributed by atoms with Gasteiger partial charge in [0.05, 0.1) is 18.9 Å². The van der Waals surface area contributed by atoms with Crippen LogP contribution in [0.25, 0.3) is 5.69 Å². The molecule has 1 aromatic heterocycles. The maximum atomic E-state index is 13.5. The molecule has 0 atom stereocenters. The molecule has 0 saturated carbocycles. The van der Waals surface area contributed by atoms with Crippen LogP contribution < -0.4 is 15.5 Å². The SMILES string of the molecule is COc1cc(=O)c(C(=O)NCCC(C)C)nn1-c1ccc(F)c(F)c1. The lowest BCUT2D eigenvalue weighted by atomic mass is 10.1. The second kappa shape index (κ2) is 7.87. The van der Waals surface area contributed by atoms with Crippen LogP contribution in [0.5, 0.6) is 5.88 Å². The zero-order valence-electron chi connectivity index (χ0n) is 14.2. The summed E-state index contributed by atoms with van der Waals surface area (Å²) in [6.07, 6.45) is 0.749. The lowest BCUT2D eigenvalue weighted by Gasteiger charge is -2.13. The molecule has 0 aliphatic rings. The van der Waals surface area contributed by atoms with Crippen LogP contribution in [0, 0.1) is 17.6 Å². The number of carbonyl (C=O) groups is 1. The number of hydrogen-bond acceptors (Lipinski definition) is 4. The highest BCUT2D eigenvalue weighted by atomic mass is 19.2. The molecule has 2 aromatic rings. The van der Waals surface area contributed by atoms with E-state index in [2.05, 4.69) is 10.4 Å². The summed E-state index contributed by atoms with van der Waals surface area (Å²) in [4.78, 5) is 24.3. The molecule has 0 bridgehead atoms. The first kappa shape index (κ1) is 18.6. The minimum Gasteiger partial charge on any atom is -0.481 e. The van der Waals surface area contributed by atoms with Crippen LogP contribution in [0.1, 0.15) is 30.8 Å². The number of benzene rings is 1. The first-order valence-electron chi connectivity index (χ1n) is 7.75. The molecule has 0 saturated heterocycles. The first-order valence-corrected chi connectivity index (χ1v) is 7.75. The normalized spacial score (nSPS) is 10.8. The molecule has 6 nitrogen and oxygen atoms in total. The molecular formula is C17H19F2N3O3. The van der Waals surface area contributed by atoms with E-state index < -0.39 is 23.0 Å². The Balaban J connectivity index is 2.41. The van der Waals surface area contributed by atoms with Crippen molar-refractivity contribution < 1.29 is 18.3 Å². The average molecular weight is 351 g/mol. The Bertz CT molecular complexity index is 834. The van der Waals surface area contributed by atoms with Gasteiger partial charge in [-0.2, -0.15) is 5.10 Å². The van der Waals surface area contributed by atoms with Crippen molar-refractivity contribution in [1.82, 2.24) is 15.1 Å². The van der Waals surface area contributed by atoms with E-state index in [-0.39, 0.29) is 17.3 Å². The van der Waals surface area contributed by atoms with Crippen LogP contribution >= 0.6 is 0 Å². The van der Waals surface area contributed by atoms with E-state index in [1.165, 1.54) is 13.2 Å². The van der Waals surface area contributed by atoms with Gasteiger partial charge in [0.25, 0.3) is 5.91 Å². The molecule has 134 valence electrons. The predicted molar refractivity (Wildman–Crippen MR) is 88.1 cm³/mol. The Morgan fingerprint density at radius 2 is 2.00 bits per heavy atom. The number of amides is 1. The Hall–Kier alpha value is -2.77. The van der Waals surface area contributed by atoms with Crippen LogP contribution in [-0.2, 0) is 0 Å². The van der Waals surface area contributed by atoms with Crippen LogP contribution in [0.2, 0.25) is 0 Å². The maximum Gasteiger partial charge on any atom is 0.275 e. The van der Waals surface area contributed by atoms with Gasteiger partial charge in [0.1, 0.15) is 0 Å². The molecule has 0 aliphatic carbocycles. The summed E-state index contributed by atoms with van der Waals surface area (Å²) in [6.45, 7) is 4.41. The van der Waals surface area contributed by atoms with Crippen molar-refractivity contribution in [2.45, 2.75) is 20.3 Å². The van der Waals surface area contributed by atoms with Crippen LogP contribution in [0.3, 0.4) is 0 Å². The number of carbonyl (C=O) groups excluding carboxylic acids is 1. The summed E-state index contributed by atoms with van der Waals surface area (Å²) >= 11 is 0. The minimum absolute atomic E-state index is 0.00487. The lowest BCUT2D eigenvalue weighted by Crippen LogP contribution is -2.32. The van der Waals surface area contributed by atoms with Crippen LogP contribution in [0.15, 0.2) is 29.1 Å². The monoisotopic (exact) mass is 351 g/mol. The summed E-state index contributed by atoms with van der Waals surface area (Å²) in [5, 5.41) is 6.58. The Kier molecular flexibility index (Phi) is 5.84. The highest BCUT2D eigenvalue weighted by Crippen LogP contribution is 2.17. The van der Waals surface area contributed by atoms with E-state index in [1.807, 2.05) is 13.8 Å². The fourth-order valence-corrected chi connectivity index (χ4v) is 2.10. The third-order valence-electron chi connectivity index (χ3n) is 3.48. The molecule has 0 spiro atoms. The highest BCUT2D eigenvalue weighted by Gasteiger charge is 2.17. The molecule has 0 fully saturated rings. The number of ether oxygens (including phenoxy) is 1. The van der Waals surface area contributed by atoms with Crippen molar-refractivity contribution in [3.63, 3.8) is 0 Å². The molecule has 0 unspecified atom stereocenters. The molecule has 25 heavy (non-hydrogen) atoms. The Labute approximate surface area is 143 Å². The van der Waals surface area contributed by atoms with Gasteiger partial charge in [0.2, 0.25) is 11.3 Å². The molecule has 8 heteroatoms. The molecule has 1 N–H and O–H groups in total. The van der Waals surface area contributed by atoms with Crippen LogP contribution in [-0.4, -0.2) is 29.3 Å². The summed E-state index contributed by atoms with van der Waals surface area (Å²) < 4.78 is 32.7. The van der Waals surface area contributed by atoms with Crippen molar-refractivity contribution >= 4 is 5.91 Å². The fraction of sp³-hybridized carbons (Fsp3) is 0.353. The standard InChI is InChI=1S/C17H19F2N3O3/c1-10(2)6-7-20-17(24)16-14(23)9-15(25-3)22(21-16)11-4-5-12(18)13(19)8-11/h4-5,8-10H,6-7H2,1-3H3,(H,20,24). The molecule has 0 radical (unpaired) electrons. The number of nitrogens with one attached hydrogen (secondary N) is 1. The summed E-state index contributed by atoms with van der Waals surface area (Å²) in [7, 11) is 1.30. The number of aromatic nitrogens is 2. The highest BCUT2D eigenvalue weighted by molar-refractivity contribution is 5.92. The number of nitrogens with zero attached hydrogens (tertiary/aromatic N) is 2. The van der Waals surface area contributed by atoms with E-state index in [0.717, 1.165) is 29.3 Å². The van der Waals surface area contributed by atoms with Crippen molar-refractivity contribution in [3.8, 4) is 11.6 Å². The van der Waals surface area contributed by atoms with Gasteiger partial charge in [-0.3, -0.25) is 9.59 Å². The van der Waals surface area contributed by atoms with Crippen molar-refractivity contribution in [3.05, 3.63) is 51.8 Å². The minimum atomic E-state index is -1.08. The molecule has 1 amide bonds. The molecule has 2 rings (SSSR count). The van der Waals surface area contributed by atoms with Gasteiger partial charge >= 0.3 is 0 Å². The van der Waals surface area contributed by atoms with E-state index in [1.54, 1.807) is 0 Å². The van der Waals surface area contributed by atoms with Gasteiger partial charge in [0.15, 0.2) is 17.3 Å². The Morgan fingerprint density at radius 3 is 2.60 bits per heavy atom. The molecule has 1 aromatic carbocycles. The Morgan fingerprint density at radius 1 is 1.28 bits per heavy atom. The third kappa shape index (κ3) is 4.40. The quantitative estimate of drug-likeness (QED) is 0.867. The number of hydrogen-bond donors (Lipinski definition) is 1. The number of halogens is 2. The summed E-state index contributed by atoms with van der Waals surface area (Å²) in [5.74, 6) is -2.35. The van der Waals surface area contributed by atoms with Crippen molar-refractivity contribution in [2.24, 2.45) is 5.92 Å². The lowest BCUT2D eigenvalue weighted by molar-refractivity contribution is 0.0943. The van der Waals surface area contributed by atoms with Gasteiger partial charge in [-0.1, -0.05) is 13.8 Å². The van der Waals surface area contributed by atoms with Crippen molar-refractivity contribution in [1.29, 1.82) is 0 Å². The number of rotatable bonds is 6. The zero-order valence-corrected chi connectivity index (χ0v) is 14.2. The van der Waals surface area contributed by atoms with E-state index in [0.29, 0.717) is 12.5 Å². The summed E-state index contributed by atoms with van der Waals surface area (Å²) in [5.41, 5.74) is -0.862. The van der Waals surface area contributed by atoms with Gasteiger partial charge in [-0.15, -0.1) is 0 Å². The third-order valence-corrected chi connectivity index (χ3v) is 3.48. The van der Waals surface area contributed by atoms with Gasteiger partial charge in [-0.25, -0.2) is 13.5 Å². The second-order valence-corrected chi connectivity index (χ2v) is 5.85. The molecule has 0 aliphatic heterocycles. The van der Waals surface area contributed by atoms with E-state index >= 15 is 0 Å².